The van der Waals surface area contributed by atoms with E-state index in [1.165, 1.54) is 0 Å². The smallest absolute Gasteiger partial charge is 0.312 e. The maximum Gasteiger partial charge on any atom is 0.312 e. The molecule has 0 spiro atoms. The van der Waals surface area contributed by atoms with Gasteiger partial charge in [-0.1, -0.05) is 20.3 Å². The van der Waals surface area contributed by atoms with Crippen molar-refractivity contribution in [3.63, 3.8) is 0 Å². The zero-order valence-corrected chi connectivity index (χ0v) is 8.82. The molecule has 0 aliphatic carbocycles. The number of carboxylic acid groups (broad SMARTS) is 1. The molecule has 0 aromatic rings. The quantitative estimate of drug-likeness (QED) is 0.755. The van der Waals surface area contributed by atoms with E-state index in [0.717, 1.165) is 25.7 Å². The molecule has 2 saturated heterocycles. The fourth-order valence-corrected chi connectivity index (χ4v) is 3.06. The first-order chi connectivity index (χ1) is 6.61. The summed E-state index contributed by atoms with van der Waals surface area (Å²) < 4.78 is 5.69. The summed E-state index contributed by atoms with van der Waals surface area (Å²) in [6.07, 6.45) is 3.81. The Hall–Kier alpha value is -0.570. The SMILES string of the molecule is CCC(C)C1(C(=O)O)CC2CCC1O2. The van der Waals surface area contributed by atoms with E-state index in [0.29, 0.717) is 0 Å². The van der Waals surface area contributed by atoms with Crippen molar-refractivity contribution in [2.45, 2.75) is 51.7 Å². The molecule has 4 atom stereocenters. The standard InChI is InChI=1S/C11H18O3/c1-3-7(2)11(10(12)13)6-8-4-5-9(11)14-8/h7-9H,3-6H2,1-2H3,(H,12,13). The highest BCUT2D eigenvalue weighted by Crippen LogP contribution is 2.52. The lowest BCUT2D eigenvalue weighted by molar-refractivity contribution is -0.156. The van der Waals surface area contributed by atoms with Crippen molar-refractivity contribution in [1.29, 1.82) is 0 Å². The van der Waals surface area contributed by atoms with Crippen molar-refractivity contribution in [3.8, 4) is 0 Å². The van der Waals surface area contributed by atoms with Crippen LogP contribution in [0.15, 0.2) is 0 Å². The molecule has 2 rings (SSSR count). The van der Waals surface area contributed by atoms with Crippen LogP contribution in [0, 0.1) is 11.3 Å². The molecule has 2 heterocycles. The van der Waals surface area contributed by atoms with Crippen molar-refractivity contribution < 1.29 is 14.6 Å². The van der Waals surface area contributed by atoms with E-state index in [1.54, 1.807) is 0 Å². The molecule has 0 radical (unpaired) electrons. The average molecular weight is 198 g/mol. The topological polar surface area (TPSA) is 46.5 Å². The Morgan fingerprint density at radius 1 is 1.64 bits per heavy atom. The average Bonchev–Trinajstić information content (AvgIpc) is 2.75. The van der Waals surface area contributed by atoms with Crippen molar-refractivity contribution in [1.82, 2.24) is 0 Å². The number of fused-ring (bicyclic) bond motifs is 2. The summed E-state index contributed by atoms with van der Waals surface area (Å²) in [6, 6.07) is 0. The number of ether oxygens (including phenoxy) is 1. The minimum absolute atomic E-state index is 0.0278. The Morgan fingerprint density at radius 2 is 2.36 bits per heavy atom. The van der Waals surface area contributed by atoms with E-state index in [4.69, 9.17) is 4.74 Å². The van der Waals surface area contributed by atoms with E-state index in [1.807, 2.05) is 6.92 Å². The monoisotopic (exact) mass is 198 g/mol. The van der Waals surface area contributed by atoms with Gasteiger partial charge in [0.25, 0.3) is 0 Å². The molecule has 80 valence electrons. The Bertz CT molecular complexity index is 251. The second kappa shape index (κ2) is 3.23. The van der Waals surface area contributed by atoms with Crippen molar-refractivity contribution >= 4 is 5.97 Å². The molecular formula is C11H18O3. The zero-order valence-electron chi connectivity index (χ0n) is 8.82. The Morgan fingerprint density at radius 3 is 2.71 bits per heavy atom. The fourth-order valence-electron chi connectivity index (χ4n) is 3.06. The van der Waals surface area contributed by atoms with Crippen LogP contribution in [0.3, 0.4) is 0 Å². The van der Waals surface area contributed by atoms with Crippen LogP contribution < -0.4 is 0 Å². The third kappa shape index (κ3) is 1.11. The van der Waals surface area contributed by atoms with Gasteiger partial charge in [0.05, 0.1) is 17.6 Å². The first kappa shape index (κ1) is 9.97. The molecule has 2 bridgehead atoms. The predicted octanol–water partition coefficient (Wildman–Crippen LogP) is 2.05. The van der Waals surface area contributed by atoms with Gasteiger partial charge in [-0.05, 0) is 25.2 Å². The minimum Gasteiger partial charge on any atom is -0.481 e. The molecule has 14 heavy (non-hydrogen) atoms. The lowest BCUT2D eigenvalue weighted by Crippen LogP contribution is -2.45. The fraction of sp³-hybridized carbons (Fsp3) is 0.909. The summed E-state index contributed by atoms with van der Waals surface area (Å²) in [5.74, 6) is -0.436. The maximum atomic E-state index is 11.4. The summed E-state index contributed by atoms with van der Waals surface area (Å²) in [5, 5.41) is 9.41. The molecule has 0 saturated carbocycles. The molecule has 0 amide bonds. The third-order valence-corrected chi connectivity index (χ3v) is 4.14. The molecule has 2 aliphatic heterocycles. The second-order valence-corrected chi connectivity index (χ2v) is 4.68. The van der Waals surface area contributed by atoms with Gasteiger partial charge in [-0.15, -0.1) is 0 Å². The van der Waals surface area contributed by atoms with Gasteiger partial charge in [-0.3, -0.25) is 4.79 Å². The van der Waals surface area contributed by atoms with E-state index in [-0.39, 0.29) is 18.1 Å². The number of aliphatic carboxylic acids is 1. The van der Waals surface area contributed by atoms with Crippen LogP contribution in [0.1, 0.15) is 39.5 Å². The van der Waals surface area contributed by atoms with Crippen LogP contribution >= 0.6 is 0 Å². The lowest BCUT2D eigenvalue weighted by Gasteiger charge is -2.36. The maximum absolute atomic E-state index is 11.4. The summed E-state index contributed by atoms with van der Waals surface area (Å²) in [5.41, 5.74) is -0.586. The zero-order chi connectivity index (χ0) is 10.3. The predicted molar refractivity (Wildman–Crippen MR) is 52.0 cm³/mol. The van der Waals surface area contributed by atoms with Crippen LogP contribution in [0.25, 0.3) is 0 Å². The molecule has 4 unspecified atom stereocenters. The normalized spacial score (nSPS) is 42.7. The van der Waals surface area contributed by atoms with Crippen LogP contribution in [0.5, 0.6) is 0 Å². The molecule has 0 aromatic heterocycles. The van der Waals surface area contributed by atoms with Gasteiger partial charge < -0.3 is 9.84 Å². The van der Waals surface area contributed by atoms with Crippen LogP contribution in [0.2, 0.25) is 0 Å². The number of hydrogen-bond donors (Lipinski definition) is 1. The summed E-state index contributed by atoms with van der Waals surface area (Å²) in [7, 11) is 0. The van der Waals surface area contributed by atoms with Crippen LogP contribution in [0.4, 0.5) is 0 Å². The van der Waals surface area contributed by atoms with Gasteiger partial charge in [0.1, 0.15) is 0 Å². The van der Waals surface area contributed by atoms with E-state index < -0.39 is 11.4 Å². The number of carboxylic acids is 1. The number of carbonyl (C=O) groups is 1. The van der Waals surface area contributed by atoms with E-state index >= 15 is 0 Å². The second-order valence-electron chi connectivity index (χ2n) is 4.68. The van der Waals surface area contributed by atoms with Crippen molar-refractivity contribution in [2.75, 3.05) is 0 Å². The molecule has 3 nitrogen and oxygen atoms in total. The Balaban J connectivity index is 2.28. The minimum atomic E-state index is -0.654. The molecule has 2 fully saturated rings. The highest BCUT2D eigenvalue weighted by atomic mass is 16.5. The van der Waals surface area contributed by atoms with Gasteiger partial charge in [-0.25, -0.2) is 0 Å². The first-order valence-electron chi connectivity index (χ1n) is 5.50. The summed E-state index contributed by atoms with van der Waals surface area (Å²) in [6.45, 7) is 4.10. The van der Waals surface area contributed by atoms with E-state index in [9.17, 15) is 9.90 Å². The highest BCUT2D eigenvalue weighted by molar-refractivity contribution is 5.76. The van der Waals surface area contributed by atoms with Gasteiger partial charge in [-0.2, -0.15) is 0 Å². The van der Waals surface area contributed by atoms with Crippen LogP contribution in [-0.4, -0.2) is 23.3 Å². The summed E-state index contributed by atoms with van der Waals surface area (Å²) in [4.78, 5) is 11.4. The first-order valence-corrected chi connectivity index (χ1v) is 5.50. The third-order valence-electron chi connectivity index (χ3n) is 4.14. The number of rotatable bonds is 3. The lowest BCUT2D eigenvalue weighted by atomic mass is 9.65. The van der Waals surface area contributed by atoms with Crippen LogP contribution in [-0.2, 0) is 9.53 Å². The molecule has 3 heteroatoms. The molecular weight excluding hydrogens is 180 g/mol. The van der Waals surface area contributed by atoms with Gasteiger partial charge >= 0.3 is 5.97 Å². The Kier molecular flexibility index (Phi) is 2.30. The summed E-state index contributed by atoms with van der Waals surface area (Å²) >= 11 is 0. The van der Waals surface area contributed by atoms with Gasteiger partial charge in [0.15, 0.2) is 0 Å². The van der Waals surface area contributed by atoms with Crippen molar-refractivity contribution in [2.24, 2.45) is 11.3 Å². The van der Waals surface area contributed by atoms with Crippen molar-refractivity contribution in [3.05, 3.63) is 0 Å². The Labute approximate surface area is 84.4 Å². The largest absolute Gasteiger partial charge is 0.481 e. The molecule has 0 aromatic carbocycles. The molecule has 1 N–H and O–H groups in total. The van der Waals surface area contributed by atoms with Gasteiger partial charge in [0.2, 0.25) is 0 Å². The number of hydrogen-bond acceptors (Lipinski definition) is 2. The molecule has 2 aliphatic rings. The van der Waals surface area contributed by atoms with Gasteiger partial charge in [0, 0.05) is 0 Å². The highest BCUT2D eigenvalue weighted by Gasteiger charge is 2.59. The van der Waals surface area contributed by atoms with E-state index in [2.05, 4.69) is 6.92 Å².